The Labute approximate surface area is 253 Å². The predicted octanol–water partition coefficient (Wildman–Crippen LogP) is 9.90. The van der Waals surface area contributed by atoms with Crippen molar-refractivity contribution in [1.29, 1.82) is 0 Å². The van der Waals surface area contributed by atoms with Crippen LogP contribution in [0.25, 0.3) is 66.2 Å². The van der Waals surface area contributed by atoms with Gasteiger partial charge in [0.2, 0.25) is 0 Å². The van der Waals surface area contributed by atoms with E-state index in [1.807, 2.05) is 36.5 Å². The van der Waals surface area contributed by atoms with Crippen molar-refractivity contribution in [3.05, 3.63) is 145 Å². The number of pyridine rings is 2. The van der Waals surface area contributed by atoms with Crippen molar-refractivity contribution < 1.29 is 4.74 Å². The monoisotopic (exact) mass is 566 g/mol. The van der Waals surface area contributed by atoms with Crippen LogP contribution in [-0.4, -0.2) is 18.9 Å². The summed E-state index contributed by atoms with van der Waals surface area (Å²) < 4.78 is 11.1. The van der Waals surface area contributed by atoms with Gasteiger partial charge in [0.1, 0.15) is 23.0 Å². The van der Waals surface area contributed by atoms with Gasteiger partial charge in [-0.2, -0.15) is 0 Å². The van der Waals surface area contributed by atoms with Gasteiger partial charge in [-0.05, 0) is 66.9 Å². The highest BCUT2D eigenvalue weighted by atomic mass is 16.5. The lowest BCUT2D eigenvalue weighted by molar-refractivity contribution is 0.484. The van der Waals surface area contributed by atoms with Crippen LogP contribution in [0.4, 0.5) is 0 Å². The molecule has 0 spiro atoms. The third-order valence-electron chi connectivity index (χ3n) is 8.53. The van der Waals surface area contributed by atoms with E-state index >= 15 is 0 Å². The zero-order valence-corrected chi connectivity index (χ0v) is 24.0. The zero-order chi connectivity index (χ0) is 29.2. The van der Waals surface area contributed by atoms with Crippen LogP contribution < -0.4 is 4.74 Å². The highest BCUT2D eigenvalue weighted by Crippen LogP contribution is 2.38. The molecule has 0 bridgehead atoms. The summed E-state index contributed by atoms with van der Waals surface area (Å²) >= 11 is 0. The van der Waals surface area contributed by atoms with Gasteiger partial charge >= 0.3 is 0 Å². The van der Waals surface area contributed by atoms with Crippen LogP contribution in [0.3, 0.4) is 0 Å². The molecule has 0 fully saturated rings. The number of hydrogen-bond acceptors (Lipinski definition) is 3. The Balaban J connectivity index is 1.23. The zero-order valence-electron chi connectivity index (χ0n) is 24.0. The molecule has 0 aliphatic heterocycles. The maximum Gasteiger partial charge on any atom is 0.146 e. The maximum absolute atomic E-state index is 6.59. The Kier molecular flexibility index (Phi) is 5.34. The number of para-hydroxylation sites is 2. The molecular formula is C39H26N4O. The third kappa shape index (κ3) is 3.66. The highest BCUT2D eigenvalue weighted by molar-refractivity contribution is 6.13. The van der Waals surface area contributed by atoms with E-state index in [0.717, 1.165) is 72.6 Å². The molecule has 5 aromatic carbocycles. The summed E-state index contributed by atoms with van der Waals surface area (Å²) in [4.78, 5) is 9.79. The quantitative estimate of drug-likeness (QED) is 0.199. The summed E-state index contributed by atoms with van der Waals surface area (Å²) in [6.07, 6.45) is 1.83. The Morgan fingerprint density at radius 1 is 0.545 bits per heavy atom. The number of benzene rings is 5. The normalized spacial score (nSPS) is 11.8. The molecule has 0 amide bonds. The number of ether oxygens (including phenoxy) is 1. The molecule has 9 rings (SSSR count). The Morgan fingerprint density at radius 2 is 1.20 bits per heavy atom. The third-order valence-corrected chi connectivity index (χ3v) is 8.53. The van der Waals surface area contributed by atoms with Crippen LogP contribution in [0, 0.1) is 6.92 Å². The molecule has 44 heavy (non-hydrogen) atoms. The molecule has 5 heteroatoms. The molecule has 208 valence electrons. The Hall–Kier alpha value is -5.94. The average molecular weight is 567 g/mol. The molecule has 5 nitrogen and oxygen atoms in total. The standard InChI is InChI=1S/C39H26N4O/c1-25-38(26-11-3-2-4-12-26)43-35-16-8-5-13-30(35)29-20-18-27(23-33(29)39(43)41-25)44-28-19-21-32-31-14-6-7-15-34(31)42(36(32)24-28)37-17-9-10-22-40-37/h2-24H,1H3. The molecule has 0 unspecified atom stereocenters. The summed E-state index contributed by atoms with van der Waals surface area (Å²) in [5.74, 6) is 2.40. The molecule has 0 atom stereocenters. The minimum atomic E-state index is 0.761. The number of aryl methyl sites for hydroxylation is 1. The van der Waals surface area contributed by atoms with E-state index < -0.39 is 0 Å². The van der Waals surface area contributed by atoms with Gasteiger partial charge in [-0.15, -0.1) is 0 Å². The van der Waals surface area contributed by atoms with E-state index in [1.54, 1.807) is 0 Å². The first-order valence-corrected chi connectivity index (χ1v) is 14.8. The average Bonchev–Trinajstić information content (AvgIpc) is 3.60. The fourth-order valence-electron chi connectivity index (χ4n) is 6.66. The lowest BCUT2D eigenvalue weighted by atomic mass is 10.0. The van der Waals surface area contributed by atoms with Crippen molar-refractivity contribution in [2.24, 2.45) is 0 Å². The molecule has 4 heterocycles. The van der Waals surface area contributed by atoms with Gasteiger partial charge in [0.15, 0.2) is 0 Å². The fraction of sp³-hybridized carbons (Fsp3) is 0.0256. The minimum absolute atomic E-state index is 0.761. The van der Waals surface area contributed by atoms with Crippen LogP contribution >= 0.6 is 0 Å². The van der Waals surface area contributed by atoms with Crippen molar-refractivity contribution in [2.45, 2.75) is 6.92 Å². The van der Waals surface area contributed by atoms with E-state index in [9.17, 15) is 0 Å². The first-order valence-electron chi connectivity index (χ1n) is 14.8. The molecule has 0 N–H and O–H groups in total. The first kappa shape index (κ1) is 24.6. The number of rotatable bonds is 4. The van der Waals surface area contributed by atoms with Crippen molar-refractivity contribution in [3.63, 3.8) is 0 Å². The second-order valence-corrected chi connectivity index (χ2v) is 11.1. The Morgan fingerprint density at radius 3 is 2.00 bits per heavy atom. The summed E-state index contributed by atoms with van der Waals surface area (Å²) in [5, 5.41) is 5.72. The van der Waals surface area contributed by atoms with Gasteiger partial charge in [-0.25, -0.2) is 9.97 Å². The van der Waals surface area contributed by atoms with Gasteiger partial charge in [-0.3, -0.25) is 8.97 Å². The van der Waals surface area contributed by atoms with Crippen LogP contribution in [0.1, 0.15) is 5.69 Å². The molecule has 0 aliphatic carbocycles. The lowest BCUT2D eigenvalue weighted by Crippen LogP contribution is -1.96. The summed E-state index contributed by atoms with van der Waals surface area (Å²) in [6, 6.07) is 46.1. The summed E-state index contributed by atoms with van der Waals surface area (Å²) in [5.41, 5.74) is 7.47. The van der Waals surface area contributed by atoms with Crippen molar-refractivity contribution >= 4 is 49.1 Å². The van der Waals surface area contributed by atoms with Gasteiger partial charge in [0.05, 0.1) is 27.9 Å². The van der Waals surface area contributed by atoms with E-state index in [1.165, 1.54) is 10.8 Å². The van der Waals surface area contributed by atoms with Crippen molar-refractivity contribution in [2.75, 3.05) is 0 Å². The second-order valence-electron chi connectivity index (χ2n) is 11.1. The van der Waals surface area contributed by atoms with E-state index in [4.69, 9.17) is 9.72 Å². The van der Waals surface area contributed by atoms with Crippen LogP contribution in [-0.2, 0) is 0 Å². The van der Waals surface area contributed by atoms with Crippen LogP contribution in [0.5, 0.6) is 11.5 Å². The van der Waals surface area contributed by atoms with E-state index in [-0.39, 0.29) is 0 Å². The molecule has 0 radical (unpaired) electrons. The molecule has 0 saturated heterocycles. The molecule has 4 aromatic heterocycles. The topological polar surface area (TPSA) is 44.3 Å². The largest absolute Gasteiger partial charge is 0.457 e. The van der Waals surface area contributed by atoms with Crippen molar-refractivity contribution in [1.82, 2.24) is 18.9 Å². The number of aromatic nitrogens is 4. The summed E-state index contributed by atoms with van der Waals surface area (Å²) in [7, 11) is 0. The highest BCUT2D eigenvalue weighted by Gasteiger charge is 2.18. The molecule has 0 aliphatic rings. The van der Waals surface area contributed by atoms with Gasteiger partial charge in [-0.1, -0.05) is 72.8 Å². The van der Waals surface area contributed by atoms with Crippen molar-refractivity contribution in [3.8, 4) is 28.6 Å². The van der Waals surface area contributed by atoms with Crippen LogP contribution in [0.2, 0.25) is 0 Å². The van der Waals surface area contributed by atoms with E-state index in [0.29, 0.717) is 0 Å². The van der Waals surface area contributed by atoms with Crippen LogP contribution in [0.15, 0.2) is 140 Å². The fourth-order valence-corrected chi connectivity index (χ4v) is 6.66. The summed E-state index contributed by atoms with van der Waals surface area (Å²) in [6.45, 7) is 2.09. The van der Waals surface area contributed by atoms with Gasteiger partial charge in [0.25, 0.3) is 0 Å². The number of nitrogens with zero attached hydrogens (tertiary/aromatic N) is 4. The number of imidazole rings is 1. The minimum Gasteiger partial charge on any atom is -0.457 e. The first-order chi connectivity index (χ1) is 21.7. The number of fused-ring (bicyclic) bond motifs is 9. The second kappa shape index (κ2) is 9.54. The van der Waals surface area contributed by atoms with Gasteiger partial charge in [0, 0.05) is 39.4 Å². The van der Waals surface area contributed by atoms with E-state index in [2.05, 4.69) is 124 Å². The predicted molar refractivity (Wildman–Crippen MR) is 179 cm³/mol. The lowest BCUT2D eigenvalue weighted by Gasteiger charge is -2.13. The molecule has 9 aromatic rings. The maximum atomic E-state index is 6.59. The number of hydrogen-bond donors (Lipinski definition) is 0. The SMILES string of the molecule is Cc1nc2c3cc(Oc4ccc5c6ccccc6n(-c6ccccn6)c5c4)ccc3c3ccccc3n2c1-c1ccccc1. The van der Waals surface area contributed by atoms with Gasteiger partial charge < -0.3 is 4.74 Å². The molecular weight excluding hydrogens is 540 g/mol. The smallest absolute Gasteiger partial charge is 0.146 e. The molecule has 0 saturated carbocycles. The Bertz CT molecular complexity index is 2530.